The Morgan fingerprint density at radius 1 is 1.02 bits per heavy atom. The highest BCUT2D eigenvalue weighted by Gasteiger charge is 2.20. The summed E-state index contributed by atoms with van der Waals surface area (Å²) in [5.41, 5.74) is 3.90. The van der Waals surface area contributed by atoms with Crippen molar-refractivity contribution >= 4 is 29.8 Å². The van der Waals surface area contributed by atoms with E-state index in [0.29, 0.717) is 36.5 Å². The third-order valence-electron chi connectivity index (χ3n) is 6.47. The number of anilines is 1. The molecule has 0 saturated heterocycles. The summed E-state index contributed by atoms with van der Waals surface area (Å²) in [4.78, 5) is 36.5. The second-order valence-electron chi connectivity index (χ2n) is 11.5. The number of aryl methyl sites for hydroxylation is 2. The normalized spacial score (nSPS) is 12.0. The van der Waals surface area contributed by atoms with Gasteiger partial charge in [0, 0.05) is 36.0 Å². The van der Waals surface area contributed by atoms with Crippen LogP contribution in [0.25, 0.3) is 11.3 Å². The van der Waals surface area contributed by atoms with Gasteiger partial charge in [-0.15, -0.1) is 0 Å². The first kappa shape index (κ1) is 33.8. The summed E-state index contributed by atoms with van der Waals surface area (Å²) in [5.74, 6) is -0.509. The van der Waals surface area contributed by atoms with E-state index >= 15 is 0 Å². The van der Waals surface area contributed by atoms with E-state index in [0.717, 1.165) is 60.1 Å². The Balaban J connectivity index is 1.78. The number of pyridine rings is 1. The lowest BCUT2D eigenvalue weighted by Gasteiger charge is -2.27. The molecule has 0 spiro atoms. The Labute approximate surface area is 258 Å². The maximum Gasteiger partial charge on any atom is 0.354 e. The molecule has 0 fully saturated rings. The number of aromatic carboxylic acids is 1. The lowest BCUT2D eigenvalue weighted by Crippen LogP contribution is -2.38. The second kappa shape index (κ2) is 16.2. The molecule has 10 nitrogen and oxygen atoms in total. The quantitative estimate of drug-likeness (QED) is 0.0935. The Bertz CT molecular complexity index is 1360. The minimum Gasteiger partial charge on any atom is -0.477 e. The van der Waals surface area contributed by atoms with E-state index in [1.54, 1.807) is 12.1 Å². The van der Waals surface area contributed by atoms with Crippen molar-refractivity contribution in [3.8, 4) is 17.1 Å². The van der Waals surface area contributed by atoms with Gasteiger partial charge in [-0.05, 0) is 75.3 Å². The molecule has 2 aromatic heterocycles. The average molecular weight is 610 g/mol. The molecule has 1 aromatic carbocycles. The fraction of sp³-hybridized carbons (Fsp3) is 0.469. The first-order valence-electron chi connectivity index (χ1n) is 14.6. The third-order valence-corrected chi connectivity index (χ3v) is 7.19. The number of esters is 1. The molecular formula is C32H43N5O5S. The predicted molar refractivity (Wildman–Crippen MR) is 169 cm³/mol. The van der Waals surface area contributed by atoms with Crippen molar-refractivity contribution < 1.29 is 24.2 Å². The maximum atomic E-state index is 11.6. The molecule has 43 heavy (non-hydrogen) atoms. The molecule has 232 valence electrons. The van der Waals surface area contributed by atoms with E-state index in [1.165, 1.54) is 6.07 Å². The first-order chi connectivity index (χ1) is 20.4. The zero-order chi connectivity index (χ0) is 31.4. The number of carbonyl (C=O) groups is 2. The van der Waals surface area contributed by atoms with Gasteiger partial charge in [-0.2, -0.15) is 4.98 Å². The number of unbranched alkanes of at least 4 members (excludes halogenated alkanes) is 1. The molecule has 3 rings (SSSR count). The van der Waals surface area contributed by atoms with Crippen molar-refractivity contribution in [3.63, 3.8) is 0 Å². The van der Waals surface area contributed by atoms with Crippen LogP contribution in [0.4, 0.5) is 5.95 Å². The molecule has 11 heteroatoms. The minimum absolute atomic E-state index is 0.0423. The molecule has 2 heterocycles. The SMILES string of the molecule is CCOC(=O)CCCCNC(COc1cc(-c2c(C)cccc2C)nc(NSc2cccc(C(=O)O)n2)n1)CC(C)(C)C. The fourth-order valence-corrected chi connectivity index (χ4v) is 5.21. The van der Waals surface area contributed by atoms with Crippen LogP contribution in [0, 0.1) is 19.3 Å². The molecule has 0 bridgehead atoms. The summed E-state index contributed by atoms with van der Waals surface area (Å²) in [7, 11) is 0. The van der Waals surface area contributed by atoms with E-state index in [4.69, 9.17) is 14.5 Å². The number of hydrogen-bond acceptors (Lipinski definition) is 10. The molecule has 0 aliphatic carbocycles. The van der Waals surface area contributed by atoms with Crippen LogP contribution in [0.15, 0.2) is 47.5 Å². The zero-order valence-electron chi connectivity index (χ0n) is 25.9. The Kier molecular flexibility index (Phi) is 12.8. The molecular weight excluding hydrogens is 566 g/mol. The Morgan fingerprint density at radius 2 is 1.74 bits per heavy atom. The first-order valence-corrected chi connectivity index (χ1v) is 15.4. The number of aromatic nitrogens is 3. The van der Waals surface area contributed by atoms with E-state index in [1.807, 2.05) is 45.0 Å². The highest BCUT2D eigenvalue weighted by molar-refractivity contribution is 8.00. The standard InChI is InChI=1S/C32H43N5O5S/c1-7-41-28(38)16-8-9-17-33-23(19-32(4,5)6)20-42-26-18-25(29-21(2)12-10-13-22(29)3)35-31(36-26)37-43-27-15-11-14-24(34-27)30(39)40/h10-15,18,23,33H,7-9,16-17,19-20H2,1-6H3,(H,39,40)(H,35,36,37). The number of carboxylic acid groups (broad SMARTS) is 1. The van der Waals surface area contributed by atoms with Crippen molar-refractivity contribution in [2.75, 3.05) is 24.5 Å². The van der Waals surface area contributed by atoms with Crippen LogP contribution >= 0.6 is 11.9 Å². The number of ether oxygens (including phenoxy) is 2. The monoisotopic (exact) mass is 609 g/mol. The van der Waals surface area contributed by atoms with Gasteiger partial charge >= 0.3 is 11.9 Å². The fourth-order valence-electron chi connectivity index (χ4n) is 4.63. The molecule has 1 unspecified atom stereocenters. The van der Waals surface area contributed by atoms with E-state index in [-0.39, 0.29) is 23.1 Å². The molecule has 1 atom stereocenters. The van der Waals surface area contributed by atoms with Crippen LogP contribution in [0.3, 0.4) is 0 Å². The average Bonchev–Trinajstić information content (AvgIpc) is 2.94. The van der Waals surface area contributed by atoms with Crippen molar-refractivity contribution in [2.45, 2.75) is 78.3 Å². The summed E-state index contributed by atoms with van der Waals surface area (Å²) in [6.45, 7) is 14.0. The van der Waals surface area contributed by atoms with Gasteiger partial charge in [-0.1, -0.05) is 45.0 Å². The summed E-state index contributed by atoms with van der Waals surface area (Å²) in [6.07, 6.45) is 2.91. The largest absolute Gasteiger partial charge is 0.477 e. The van der Waals surface area contributed by atoms with E-state index in [2.05, 4.69) is 40.8 Å². The summed E-state index contributed by atoms with van der Waals surface area (Å²) < 4.78 is 14.4. The minimum atomic E-state index is -1.09. The highest BCUT2D eigenvalue weighted by Crippen LogP contribution is 2.30. The maximum absolute atomic E-state index is 11.6. The molecule has 0 aliphatic heterocycles. The van der Waals surface area contributed by atoms with Crippen molar-refractivity contribution in [2.24, 2.45) is 5.41 Å². The third kappa shape index (κ3) is 11.5. The number of nitrogens with zero attached hydrogens (tertiary/aromatic N) is 3. The Hall–Kier alpha value is -3.70. The highest BCUT2D eigenvalue weighted by atomic mass is 32.2. The Morgan fingerprint density at radius 3 is 2.42 bits per heavy atom. The molecule has 0 amide bonds. The van der Waals surface area contributed by atoms with Crippen molar-refractivity contribution in [3.05, 3.63) is 59.3 Å². The van der Waals surface area contributed by atoms with Crippen LogP contribution in [0.5, 0.6) is 5.88 Å². The number of nitrogens with one attached hydrogen (secondary N) is 2. The topological polar surface area (TPSA) is 136 Å². The molecule has 0 aliphatic rings. The van der Waals surface area contributed by atoms with Gasteiger partial charge in [0.15, 0.2) is 0 Å². The summed E-state index contributed by atoms with van der Waals surface area (Å²) >= 11 is 1.13. The summed E-state index contributed by atoms with van der Waals surface area (Å²) in [5, 5.41) is 13.4. The van der Waals surface area contributed by atoms with Gasteiger partial charge in [0.1, 0.15) is 17.3 Å². The molecule has 3 N–H and O–H groups in total. The summed E-state index contributed by atoms with van der Waals surface area (Å²) in [6, 6.07) is 12.8. The van der Waals surface area contributed by atoms with Gasteiger partial charge in [0.25, 0.3) is 0 Å². The van der Waals surface area contributed by atoms with E-state index in [9.17, 15) is 14.7 Å². The van der Waals surface area contributed by atoms with Crippen LogP contribution in [0.1, 0.15) is 75.0 Å². The number of carbonyl (C=O) groups excluding carboxylic acids is 1. The predicted octanol–water partition coefficient (Wildman–Crippen LogP) is 6.48. The van der Waals surface area contributed by atoms with Crippen LogP contribution < -0.4 is 14.8 Å². The van der Waals surface area contributed by atoms with Crippen molar-refractivity contribution in [1.82, 2.24) is 20.3 Å². The van der Waals surface area contributed by atoms with Crippen LogP contribution in [0.2, 0.25) is 0 Å². The van der Waals surface area contributed by atoms with E-state index < -0.39 is 5.97 Å². The number of hydrogen-bond donors (Lipinski definition) is 3. The number of benzene rings is 1. The van der Waals surface area contributed by atoms with Gasteiger partial charge in [0.2, 0.25) is 11.8 Å². The molecule has 0 saturated carbocycles. The van der Waals surface area contributed by atoms with Gasteiger partial charge in [0.05, 0.1) is 12.3 Å². The number of rotatable bonds is 16. The second-order valence-corrected chi connectivity index (χ2v) is 12.4. The number of carboxylic acids is 1. The van der Waals surface area contributed by atoms with Gasteiger partial charge < -0.3 is 19.9 Å². The lowest BCUT2D eigenvalue weighted by molar-refractivity contribution is -0.143. The zero-order valence-corrected chi connectivity index (χ0v) is 26.7. The van der Waals surface area contributed by atoms with Crippen LogP contribution in [-0.2, 0) is 9.53 Å². The smallest absolute Gasteiger partial charge is 0.354 e. The molecule has 0 radical (unpaired) electrons. The lowest BCUT2D eigenvalue weighted by atomic mass is 9.88. The molecule has 3 aromatic rings. The van der Waals surface area contributed by atoms with Crippen molar-refractivity contribution in [1.29, 1.82) is 0 Å². The van der Waals surface area contributed by atoms with Gasteiger partial charge in [-0.25, -0.2) is 14.8 Å². The van der Waals surface area contributed by atoms with Crippen LogP contribution in [-0.4, -0.2) is 57.8 Å². The van der Waals surface area contributed by atoms with Gasteiger partial charge in [-0.3, -0.25) is 9.52 Å².